The summed E-state index contributed by atoms with van der Waals surface area (Å²) in [6.07, 6.45) is -10.2. The van der Waals surface area contributed by atoms with Crippen LogP contribution in [-0.2, 0) is 31.5 Å². The fraction of sp³-hybridized carbons (Fsp3) is 0.273. The number of alkyl halides is 6. The highest BCUT2D eigenvalue weighted by Crippen LogP contribution is 2.57. The van der Waals surface area contributed by atoms with Crippen molar-refractivity contribution in [2.45, 2.75) is 53.5 Å². The lowest BCUT2D eigenvalue weighted by Crippen LogP contribution is -2.56. The molecular formula is C33H24F9NO4S. The van der Waals surface area contributed by atoms with Crippen molar-refractivity contribution in [1.29, 1.82) is 0 Å². The van der Waals surface area contributed by atoms with E-state index in [4.69, 9.17) is 0 Å². The summed E-state index contributed by atoms with van der Waals surface area (Å²) in [5.41, 5.74) is -7.66. The van der Waals surface area contributed by atoms with Gasteiger partial charge in [-0.2, -0.15) is 26.3 Å². The zero-order valence-electron chi connectivity index (χ0n) is 24.5. The number of hydrogen-bond acceptors (Lipinski definition) is 5. The van der Waals surface area contributed by atoms with Gasteiger partial charge in [-0.3, -0.25) is 9.78 Å². The smallest absolute Gasteiger partial charge is 0.349 e. The number of pyridine rings is 1. The molecule has 15 heteroatoms. The molecule has 0 unspecified atom stereocenters. The van der Waals surface area contributed by atoms with E-state index in [1.54, 1.807) is 0 Å². The molecule has 0 atom stereocenters. The number of sulfone groups is 1. The molecule has 1 aromatic heterocycles. The maximum Gasteiger partial charge on any atom is 0.430 e. The van der Waals surface area contributed by atoms with Crippen LogP contribution in [0.1, 0.15) is 46.3 Å². The summed E-state index contributed by atoms with van der Waals surface area (Å²) in [6.45, 7) is -1.75. The van der Waals surface area contributed by atoms with E-state index in [1.807, 2.05) is 0 Å². The van der Waals surface area contributed by atoms with Crippen molar-refractivity contribution in [3.8, 4) is 0 Å². The first-order chi connectivity index (χ1) is 22.4. The van der Waals surface area contributed by atoms with Crippen molar-refractivity contribution in [3.63, 3.8) is 0 Å². The first kappa shape index (κ1) is 35.1. The SMILES string of the molecule is O=C(CC1CC(c2ccc(C(OCc3c(F)cccc3F)(C(F)(F)F)C(F)(F)F)cc2)(S(=O)(=O)c2ccc(F)cc2)C1)c1ccncc1. The van der Waals surface area contributed by atoms with Crippen molar-refractivity contribution in [2.75, 3.05) is 0 Å². The lowest BCUT2D eigenvalue weighted by molar-refractivity contribution is -0.392. The Morgan fingerprint density at radius 1 is 0.792 bits per heavy atom. The summed E-state index contributed by atoms with van der Waals surface area (Å²) < 4.78 is 159. The van der Waals surface area contributed by atoms with E-state index in [9.17, 15) is 52.7 Å². The van der Waals surface area contributed by atoms with Crippen LogP contribution in [-0.4, -0.2) is 31.5 Å². The Balaban J connectivity index is 1.55. The molecule has 0 aliphatic heterocycles. The fourth-order valence-corrected chi connectivity index (χ4v) is 8.28. The Bertz CT molecular complexity index is 1850. The molecule has 1 fully saturated rings. The van der Waals surface area contributed by atoms with Gasteiger partial charge >= 0.3 is 12.4 Å². The number of halogens is 9. The Labute approximate surface area is 268 Å². The molecule has 5 nitrogen and oxygen atoms in total. The number of carbonyl (C=O) groups excluding carboxylic acids is 1. The van der Waals surface area contributed by atoms with E-state index >= 15 is 0 Å². The number of ether oxygens (including phenoxy) is 1. The molecule has 1 saturated carbocycles. The lowest BCUT2D eigenvalue weighted by Gasteiger charge is -2.47. The van der Waals surface area contributed by atoms with Crippen molar-refractivity contribution < 1.29 is 57.5 Å². The highest BCUT2D eigenvalue weighted by molar-refractivity contribution is 7.92. The quantitative estimate of drug-likeness (QED) is 0.0944. The molecule has 0 saturated heterocycles. The van der Waals surface area contributed by atoms with Crippen LogP contribution in [0.3, 0.4) is 0 Å². The summed E-state index contributed by atoms with van der Waals surface area (Å²) in [5.74, 6) is -4.51. The number of aromatic nitrogens is 1. The third-order valence-electron chi connectivity index (χ3n) is 8.46. The Hall–Kier alpha value is -4.24. The van der Waals surface area contributed by atoms with E-state index in [0.29, 0.717) is 29.8 Å². The standard InChI is InChI=1S/C33H24F9NO4S/c34-24-8-10-25(11-9-24)48(45,46)30(17-20(18-30)16-29(44)21-12-14-43-15-13-21)22-4-6-23(7-5-22)31(32(37,38)39,33(40,41)42)47-19-26-27(35)2-1-3-28(26)36/h1-15,20H,16-19H2. The second-order valence-corrected chi connectivity index (χ2v) is 13.6. The molecule has 1 aliphatic rings. The average Bonchev–Trinajstić information content (AvgIpc) is 2.99. The summed E-state index contributed by atoms with van der Waals surface area (Å²) in [6, 6.07) is 11.1. The molecule has 1 aliphatic carbocycles. The minimum absolute atomic E-state index is 0.117. The van der Waals surface area contributed by atoms with Crippen LogP contribution in [0.5, 0.6) is 0 Å². The predicted octanol–water partition coefficient (Wildman–Crippen LogP) is 8.39. The number of carbonyl (C=O) groups is 1. The third-order valence-corrected chi connectivity index (χ3v) is 11.0. The zero-order valence-corrected chi connectivity index (χ0v) is 25.3. The van der Waals surface area contributed by atoms with Crippen molar-refractivity contribution in [1.82, 2.24) is 4.98 Å². The van der Waals surface area contributed by atoms with Crippen LogP contribution in [0.2, 0.25) is 0 Å². The third kappa shape index (κ3) is 6.09. The molecule has 0 N–H and O–H groups in total. The van der Waals surface area contributed by atoms with Gasteiger partial charge < -0.3 is 4.74 Å². The Kier molecular flexibility index (Phi) is 9.25. The summed E-state index contributed by atoms with van der Waals surface area (Å²) in [5, 5.41) is 0. The van der Waals surface area contributed by atoms with Gasteiger partial charge in [0, 0.05) is 35.5 Å². The normalized spacial score (nSPS) is 18.7. The molecule has 0 spiro atoms. The first-order valence-corrected chi connectivity index (χ1v) is 15.7. The van der Waals surface area contributed by atoms with Crippen LogP contribution in [0.25, 0.3) is 0 Å². The van der Waals surface area contributed by atoms with Gasteiger partial charge in [-0.05, 0) is 72.9 Å². The van der Waals surface area contributed by atoms with Gasteiger partial charge in [0.1, 0.15) is 22.2 Å². The minimum Gasteiger partial charge on any atom is -0.349 e. The van der Waals surface area contributed by atoms with E-state index in [-0.39, 0.29) is 35.5 Å². The van der Waals surface area contributed by atoms with E-state index in [1.165, 1.54) is 24.5 Å². The second-order valence-electron chi connectivity index (χ2n) is 11.3. The Morgan fingerprint density at radius 2 is 1.33 bits per heavy atom. The maximum atomic E-state index is 14.4. The first-order valence-electron chi connectivity index (χ1n) is 14.2. The Morgan fingerprint density at radius 3 is 1.85 bits per heavy atom. The fourth-order valence-electron chi connectivity index (χ4n) is 5.98. The minimum atomic E-state index is -6.21. The molecule has 0 bridgehead atoms. The van der Waals surface area contributed by atoms with Gasteiger partial charge in [0.15, 0.2) is 15.6 Å². The van der Waals surface area contributed by atoms with Crippen molar-refractivity contribution in [3.05, 3.63) is 131 Å². The largest absolute Gasteiger partial charge is 0.430 e. The van der Waals surface area contributed by atoms with Crippen LogP contribution in [0, 0.1) is 23.4 Å². The van der Waals surface area contributed by atoms with Gasteiger partial charge in [-0.1, -0.05) is 30.3 Å². The molecule has 48 heavy (non-hydrogen) atoms. The monoisotopic (exact) mass is 701 g/mol. The topological polar surface area (TPSA) is 73.3 Å². The van der Waals surface area contributed by atoms with Crippen LogP contribution in [0.4, 0.5) is 39.5 Å². The number of benzene rings is 3. The van der Waals surface area contributed by atoms with Crippen molar-refractivity contribution in [2.24, 2.45) is 5.92 Å². The molecule has 0 amide bonds. The molecular weight excluding hydrogens is 677 g/mol. The summed E-state index contributed by atoms with van der Waals surface area (Å²) in [4.78, 5) is 16.3. The average molecular weight is 702 g/mol. The zero-order chi connectivity index (χ0) is 35.1. The maximum absolute atomic E-state index is 14.4. The van der Waals surface area contributed by atoms with Gasteiger partial charge in [0.05, 0.1) is 11.5 Å². The molecule has 0 radical (unpaired) electrons. The molecule has 4 aromatic rings. The summed E-state index contributed by atoms with van der Waals surface area (Å²) >= 11 is 0. The van der Waals surface area contributed by atoms with E-state index in [0.717, 1.165) is 42.5 Å². The summed E-state index contributed by atoms with van der Waals surface area (Å²) in [7, 11) is -4.47. The van der Waals surface area contributed by atoms with Crippen LogP contribution < -0.4 is 0 Å². The number of nitrogens with zero attached hydrogens (tertiary/aromatic N) is 1. The van der Waals surface area contributed by atoms with Gasteiger partial charge in [-0.25, -0.2) is 21.6 Å². The van der Waals surface area contributed by atoms with Gasteiger partial charge in [0.2, 0.25) is 0 Å². The van der Waals surface area contributed by atoms with E-state index in [2.05, 4.69) is 9.72 Å². The number of rotatable bonds is 10. The molecule has 5 rings (SSSR count). The number of Topliss-reactive ketones (excluding diaryl/α,β-unsaturated/α-hetero) is 1. The van der Waals surface area contributed by atoms with E-state index < -0.39 is 73.6 Å². The second kappa shape index (κ2) is 12.7. The number of hydrogen-bond donors (Lipinski definition) is 0. The van der Waals surface area contributed by atoms with Gasteiger partial charge in [0.25, 0.3) is 5.60 Å². The van der Waals surface area contributed by atoms with Crippen LogP contribution in [0.15, 0.2) is 96.2 Å². The molecule has 1 heterocycles. The lowest BCUT2D eigenvalue weighted by atomic mass is 9.68. The number of ketones is 1. The van der Waals surface area contributed by atoms with Crippen molar-refractivity contribution >= 4 is 15.6 Å². The molecule has 3 aromatic carbocycles. The van der Waals surface area contributed by atoms with Gasteiger partial charge in [-0.15, -0.1) is 0 Å². The van der Waals surface area contributed by atoms with Crippen LogP contribution >= 0.6 is 0 Å². The highest BCUT2D eigenvalue weighted by Gasteiger charge is 2.73. The highest BCUT2D eigenvalue weighted by atomic mass is 32.2. The predicted molar refractivity (Wildman–Crippen MR) is 153 cm³/mol. The molecule has 254 valence electrons.